The second-order valence-corrected chi connectivity index (χ2v) is 7.97. The fourth-order valence-corrected chi connectivity index (χ4v) is 4.06. The zero-order valence-corrected chi connectivity index (χ0v) is 17.5. The van der Waals surface area contributed by atoms with Crippen molar-refractivity contribution in [3.63, 3.8) is 0 Å². The molecule has 2 N–H and O–H groups in total. The monoisotopic (exact) mass is 402 g/mol. The summed E-state index contributed by atoms with van der Waals surface area (Å²) in [6, 6.07) is 7.74. The molecular formula is C22H34N4O3. The summed E-state index contributed by atoms with van der Waals surface area (Å²) < 4.78 is 5.41. The lowest BCUT2D eigenvalue weighted by Gasteiger charge is -2.35. The van der Waals surface area contributed by atoms with Gasteiger partial charge in [-0.2, -0.15) is 0 Å². The van der Waals surface area contributed by atoms with Crippen LogP contribution in [-0.2, 0) is 20.7 Å². The molecule has 7 nitrogen and oxygen atoms in total. The lowest BCUT2D eigenvalue weighted by atomic mass is 9.96. The SMILES string of the molecule is CCc1ccccc1NC(=O)CNC(=O)CN1CCC(CN2CCOCC2)CC1. The quantitative estimate of drug-likeness (QED) is 0.687. The van der Waals surface area contributed by atoms with E-state index in [0.29, 0.717) is 12.5 Å². The lowest BCUT2D eigenvalue weighted by Crippen LogP contribution is -2.46. The van der Waals surface area contributed by atoms with Gasteiger partial charge in [-0.25, -0.2) is 0 Å². The average molecular weight is 403 g/mol. The molecular weight excluding hydrogens is 368 g/mol. The first-order valence-electron chi connectivity index (χ1n) is 10.8. The molecule has 2 heterocycles. The highest BCUT2D eigenvalue weighted by Gasteiger charge is 2.23. The van der Waals surface area contributed by atoms with Gasteiger partial charge in [0, 0.05) is 25.3 Å². The summed E-state index contributed by atoms with van der Waals surface area (Å²) in [6.45, 7) is 9.21. The van der Waals surface area contributed by atoms with Gasteiger partial charge in [0.15, 0.2) is 0 Å². The van der Waals surface area contributed by atoms with Crippen molar-refractivity contribution in [2.45, 2.75) is 26.2 Å². The number of anilines is 1. The van der Waals surface area contributed by atoms with Gasteiger partial charge in [-0.05, 0) is 49.9 Å². The molecule has 0 spiro atoms. The summed E-state index contributed by atoms with van der Waals surface area (Å²) in [5.41, 5.74) is 1.91. The van der Waals surface area contributed by atoms with Crippen LogP contribution in [-0.4, -0.2) is 80.6 Å². The smallest absolute Gasteiger partial charge is 0.243 e. The first-order valence-corrected chi connectivity index (χ1v) is 10.8. The minimum absolute atomic E-state index is 0.00434. The number of carbonyl (C=O) groups excluding carboxylic acids is 2. The number of carbonyl (C=O) groups is 2. The van der Waals surface area contributed by atoms with Crippen molar-refractivity contribution in [2.24, 2.45) is 5.92 Å². The van der Waals surface area contributed by atoms with E-state index in [1.807, 2.05) is 24.3 Å². The average Bonchev–Trinajstić information content (AvgIpc) is 2.75. The van der Waals surface area contributed by atoms with Gasteiger partial charge in [0.05, 0.1) is 26.3 Å². The molecule has 160 valence electrons. The van der Waals surface area contributed by atoms with Gasteiger partial charge in [0.1, 0.15) is 0 Å². The number of rotatable bonds is 8. The minimum Gasteiger partial charge on any atom is -0.379 e. The first-order chi connectivity index (χ1) is 14.1. The summed E-state index contributed by atoms with van der Waals surface area (Å²) in [7, 11) is 0. The Labute approximate surface area is 173 Å². The highest BCUT2D eigenvalue weighted by molar-refractivity contribution is 5.95. The highest BCUT2D eigenvalue weighted by Crippen LogP contribution is 2.19. The fourth-order valence-electron chi connectivity index (χ4n) is 4.06. The maximum atomic E-state index is 12.2. The Morgan fingerprint density at radius 2 is 1.76 bits per heavy atom. The Kier molecular flexibility index (Phi) is 8.46. The number of aryl methyl sites for hydroxylation is 1. The maximum Gasteiger partial charge on any atom is 0.243 e. The van der Waals surface area contributed by atoms with Crippen LogP contribution in [0, 0.1) is 5.92 Å². The van der Waals surface area contributed by atoms with Gasteiger partial charge in [-0.3, -0.25) is 19.4 Å². The summed E-state index contributed by atoms with van der Waals surface area (Å²) >= 11 is 0. The number of hydrogen-bond acceptors (Lipinski definition) is 5. The molecule has 2 saturated heterocycles. The Bertz CT molecular complexity index is 668. The number of piperidine rings is 1. The van der Waals surface area contributed by atoms with Crippen LogP contribution in [0.3, 0.4) is 0 Å². The van der Waals surface area contributed by atoms with Crippen molar-refractivity contribution < 1.29 is 14.3 Å². The predicted octanol–water partition coefficient (Wildman–Crippen LogP) is 1.35. The second kappa shape index (κ2) is 11.3. The summed E-state index contributed by atoms with van der Waals surface area (Å²) in [4.78, 5) is 29.1. The minimum atomic E-state index is -0.191. The van der Waals surface area contributed by atoms with Crippen molar-refractivity contribution >= 4 is 17.5 Å². The largest absolute Gasteiger partial charge is 0.379 e. The molecule has 0 saturated carbocycles. The van der Waals surface area contributed by atoms with Gasteiger partial charge in [0.25, 0.3) is 0 Å². The number of benzene rings is 1. The van der Waals surface area contributed by atoms with E-state index in [1.54, 1.807) is 0 Å². The number of amides is 2. The van der Waals surface area contributed by atoms with Crippen LogP contribution in [0.2, 0.25) is 0 Å². The van der Waals surface area contributed by atoms with E-state index in [9.17, 15) is 9.59 Å². The van der Waals surface area contributed by atoms with Crippen molar-refractivity contribution in [3.05, 3.63) is 29.8 Å². The third-order valence-corrected chi connectivity index (χ3v) is 5.81. The van der Waals surface area contributed by atoms with E-state index in [4.69, 9.17) is 4.74 Å². The molecule has 0 atom stereocenters. The number of nitrogens with zero attached hydrogens (tertiary/aromatic N) is 2. The standard InChI is InChI=1S/C22H34N4O3/c1-2-19-5-3-4-6-20(19)24-21(27)15-23-22(28)17-25-9-7-18(8-10-25)16-26-11-13-29-14-12-26/h3-6,18H,2,7-17H2,1H3,(H,23,28)(H,24,27). The molecule has 1 aromatic rings. The highest BCUT2D eigenvalue weighted by atomic mass is 16.5. The topological polar surface area (TPSA) is 73.9 Å². The predicted molar refractivity (Wildman–Crippen MR) is 114 cm³/mol. The van der Waals surface area contributed by atoms with E-state index < -0.39 is 0 Å². The molecule has 29 heavy (non-hydrogen) atoms. The number of nitrogens with one attached hydrogen (secondary N) is 2. The number of ether oxygens (including phenoxy) is 1. The van der Waals surface area contributed by atoms with Crippen LogP contribution in [0.4, 0.5) is 5.69 Å². The normalized spacial score (nSPS) is 19.1. The zero-order valence-electron chi connectivity index (χ0n) is 17.5. The number of likely N-dealkylation sites (tertiary alicyclic amines) is 1. The third-order valence-electron chi connectivity index (χ3n) is 5.81. The Morgan fingerprint density at radius 3 is 2.48 bits per heavy atom. The van der Waals surface area contributed by atoms with E-state index in [0.717, 1.165) is 76.5 Å². The summed E-state index contributed by atoms with van der Waals surface area (Å²) in [6.07, 6.45) is 3.10. The van der Waals surface area contributed by atoms with E-state index >= 15 is 0 Å². The second-order valence-electron chi connectivity index (χ2n) is 7.97. The fraction of sp³-hybridized carbons (Fsp3) is 0.636. The third kappa shape index (κ3) is 7.10. The van der Waals surface area contributed by atoms with Gasteiger partial charge in [-0.15, -0.1) is 0 Å². The van der Waals surface area contributed by atoms with Crippen molar-refractivity contribution in [1.29, 1.82) is 0 Å². The molecule has 0 radical (unpaired) electrons. The van der Waals surface area contributed by atoms with Crippen LogP contribution >= 0.6 is 0 Å². The molecule has 3 rings (SSSR count). The van der Waals surface area contributed by atoms with Crippen molar-refractivity contribution in [3.8, 4) is 0 Å². The van der Waals surface area contributed by atoms with E-state index in [1.165, 1.54) is 0 Å². The van der Waals surface area contributed by atoms with Crippen LogP contribution in [0.25, 0.3) is 0 Å². The lowest BCUT2D eigenvalue weighted by molar-refractivity contribution is -0.125. The molecule has 2 amide bonds. The van der Waals surface area contributed by atoms with Gasteiger partial charge in [-0.1, -0.05) is 25.1 Å². The Hall–Kier alpha value is -1.96. The molecule has 2 fully saturated rings. The van der Waals surface area contributed by atoms with Crippen LogP contribution < -0.4 is 10.6 Å². The molecule has 0 aliphatic carbocycles. The maximum absolute atomic E-state index is 12.2. The van der Waals surface area contributed by atoms with Gasteiger partial charge in [0.2, 0.25) is 11.8 Å². The molecule has 2 aliphatic rings. The van der Waals surface area contributed by atoms with Gasteiger partial charge >= 0.3 is 0 Å². The van der Waals surface area contributed by atoms with E-state index in [-0.39, 0.29) is 18.4 Å². The van der Waals surface area contributed by atoms with Crippen molar-refractivity contribution in [1.82, 2.24) is 15.1 Å². The van der Waals surface area contributed by atoms with E-state index in [2.05, 4.69) is 27.4 Å². The summed E-state index contributed by atoms with van der Waals surface area (Å²) in [5, 5.41) is 5.63. The van der Waals surface area contributed by atoms with Crippen LogP contribution in [0.5, 0.6) is 0 Å². The molecule has 0 aromatic heterocycles. The number of hydrogen-bond donors (Lipinski definition) is 2. The Balaban J connectivity index is 1.32. The summed E-state index contributed by atoms with van der Waals surface area (Å²) in [5.74, 6) is 0.427. The number of para-hydroxylation sites is 1. The van der Waals surface area contributed by atoms with Crippen molar-refractivity contribution in [2.75, 3.05) is 64.3 Å². The molecule has 0 bridgehead atoms. The zero-order chi connectivity index (χ0) is 20.5. The van der Waals surface area contributed by atoms with Gasteiger partial charge < -0.3 is 15.4 Å². The van der Waals surface area contributed by atoms with Crippen LogP contribution in [0.1, 0.15) is 25.3 Å². The Morgan fingerprint density at radius 1 is 1.03 bits per heavy atom. The molecule has 1 aromatic carbocycles. The molecule has 2 aliphatic heterocycles. The number of morpholine rings is 1. The molecule has 7 heteroatoms. The molecule has 0 unspecified atom stereocenters. The van der Waals surface area contributed by atoms with Crippen LogP contribution in [0.15, 0.2) is 24.3 Å². The first kappa shape index (κ1) is 21.7.